The van der Waals surface area contributed by atoms with Gasteiger partial charge in [-0.25, -0.2) is 0 Å². The van der Waals surface area contributed by atoms with E-state index in [4.69, 9.17) is 0 Å². The smallest absolute Gasteiger partial charge is 0.124 e. The topological polar surface area (TPSA) is 20.2 Å². The second-order valence-corrected chi connectivity index (χ2v) is 8.59. The van der Waals surface area contributed by atoms with Gasteiger partial charge in [0.25, 0.3) is 0 Å². The summed E-state index contributed by atoms with van der Waals surface area (Å²) >= 11 is 0. The molecule has 2 bridgehead atoms. The summed E-state index contributed by atoms with van der Waals surface area (Å²) < 4.78 is 1.11. The van der Waals surface area contributed by atoms with Crippen molar-refractivity contribution in [3.63, 3.8) is 0 Å². The molecule has 3 aliphatic heterocycles. The van der Waals surface area contributed by atoms with Crippen LogP contribution in [-0.4, -0.2) is 36.3 Å². The van der Waals surface area contributed by atoms with Gasteiger partial charge in [-0.2, -0.15) is 0 Å². The molecule has 25 heavy (non-hydrogen) atoms. The van der Waals surface area contributed by atoms with Crippen molar-refractivity contribution in [2.24, 2.45) is 11.8 Å². The SMILES string of the molecule is Cc1ccccc1C(O)(c1ccccc1C)C1C[N+]2(C)CCC1CC2. The fourth-order valence-corrected chi connectivity index (χ4v) is 5.44. The number of aliphatic hydroxyl groups is 1. The minimum atomic E-state index is -0.901. The molecule has 2 nitrogen and oxygen atoms in total. The Bertz CT molecular complexity index is 728. The number of hydrogen-bond donors (Lipinski definition) is 1. The van der Waals surface area contributed by atoms with Crippen LogP contribution in [0.25, 0.3) is 0 Å². The Labute approximate surface area is 151 Å². The summed E-state index contributed by atoms with van der Waals surface area (Å²) in [6.07, 6.45) is 2.47. The summed E-state index contributed by atoms with van der Waals surface area (Å²) in [6.45, 7) is 7.87. The molecule has 3 fully saturated rings. The molecule has 1 N–H and O–H groups in total. The van der Waals surface area contributed by atoms with E-state index >= 15 is 0 Å². The van der Waals surface area contributed by atoms with Crippen LogP contribution >= 0.6 is 0 Å². The lowest BCUT2D eigenvalue weighted by Gasteiger charge is -2.55. The van der Waals surface area contributed by atoms with Crippen LogP contribution < -0.4 is 0 Å². The first-order valence-electron chi connectivity index (χ1n) is 9.62. The Morgan fingerprint density at radius 2 is 1.36 bits per heavy atom. The number of piperidine rings is 3. The van der Waals surface area contributed by atoms with Gasteiger partial charge in [0.15, 0.2) is 0 Å². The van der Waals surface area contributed by atoms with Crippen molar-refractivity contribution in [1.29, 1.82) is 0 Å². The largest absolute Gasteiger partial charge is 0.380 e. The van der Waals surface area contributed by atoms with E-state index in [1.807, 2.05) is 0 Å². The van der Waals surface area contributed by atoms with Crippen LogP contribution in [0.1, 0.15) is 35.1 Å². The quantitative estimate of drug-likeness (QED) is 0.839. The van der Waals surface area contributed by atoms with Crippen molar-refractivity contribution in [3.05, 3.63) is 70.8 Å². The average molecular weight is 336 g/mol. The number of aryl methyl sites for hydroxylation is 2. The summed E-state index contributed by atoms with van der Waals surface area (Å²) in [4.78, 5) is 0. The highest BCUT2D eigenvalue weighted by molar-refractivity contribution is 5.45. The third-order valence-electron chi connectivity index (χ3n) is 6.93. The Balaban J connectivity index is 1.91. The van der Waals surface area contributed by atoms with Gasteiger partial charge in [-0.15, -0.1) is 0 Å². The van der Waals surface area contributed by atoms with Crippen LogP contribution in [-0.2, 0) is 5.60 Å². The summed E-state index contributed by atoms with van der Waals surface area (Å²) in [5, 5.41) is 12.4. The van der Waals surface area contributed by atoms with Crippen LogP contribution in [0.3, 0.4) is 0 Å². The van der Waals surface area contributed by atoms with Gasteiger partial charge in [0.1, 0.15) is 5.60 Å². The van der Waals surface area contributed by atoms with Gasteiger partial charge in [0.05, 0.1) is 26.7 Å². The van der Waals surface area contributed by atoms with Crippen LogP contribution in [0.15, 0.2) is 48.5 Å². The van der Waals surface area contributed by atoms with Crippen molar-refractivity contribution in [1.82, 2.24) is 0 Å². The fraction of sp³-hybridized carbons (Fsp3) is 0.478. The van der Waals surface area contributed by atoms with Crippen LogP contribution in [0, 0.1) is 25.7 Å². The van der Waals surface area contributed by atoms with Gasteiger partial charge in [0, 0.05) is 18.8 Å². The molecule has 3 aliphatic rings. The maximum Gasteiger partial charge on any atom is 0.124 e. The van der Waals surface area contributed by atoms with Crippen molar-refractivity contribution < 1.29 is 9.59 Å². The maximum absolute atomic E-state index is 12.4. The van der Waals surface area contributed by atoms with Gasteiger partial charge >= 0.3 is 0 Å². The molecule has 2 heteroatoms. The summed E-state index contributed by atoms with van der Waals surface area (Å²) in [5.74, 6) is 0.895. The van der Waals surface area contributed by atoms with Gasteiger partial charge in [-0.05, 0) is 42.0 Å². The van der Waals surface area contributed by atoms with Gasteiger partial charge in [0.2, 0.25) is 0 Å². The second-order valence-electron chi connectivity index (χ2n) is 8.59. The normalized spacial score (nSPS) is 29.0. The monoisotopic (exact) mass is 336 g/mol. The predicted octanol–water partition coefficient (Wildman–Crippen LogP) is 4.03. The molecule has 0 saturated carbocycles. The molecule has 1 unspecified atom stereocenters. The van der Waals surface area contributed by atoms with Crippen molar-refractivity contribution in [2.45, 2.75) is 32.3 Å². The minimum absolute atomic E-state index is 0.280. The first kappa shape index (κ1) is 16.8. The molecule has 0 aromatic heterocycles. The summed E-state index contributed by atoms with van der Waals surface area (Å²) in [6, 6.07) is 16.8. The molecule has 0 amide bonds. The molecule has 2 aromatic carbocycles. The van der Waals surface area contributed by atoms with Gasteiger partial charge < -0.3 is 9.59 Å². The number of fused-ring (bicyclic) bond motifs is 3. The van der Waals surface area contributed by atoms with E-state index in [2.05, 4.69) is 69.4 Å². The van der Waals surface area contributed by atoms with E-state index in [1.54, 1.807) is 0 Å². The van der Waals surface area contributed by atoms with E-state index in [0.717, 1.165) is 22.2 Å². The predicted molar refractivity (Wildman–Crippen MR) is 102 cm³/mol. The minimum Gasteiger partial charge on any atom is -0.380 e. The standard InChI is InChI=1S/C23H30NO/c1-17-8-4-6-10-20(17)23(25,21-11-7-5-9-18(21)2)22-16-24(3)14-12-19(22)13-15-24/h4-11,19,22,25H,12-16H2,1-3H3/q+1. The van der Waals surface area contributed by atoms with Crippen molar-refractivity contribution in [2.75, 3.05) is 26.7 Å². The highest BCUT2D eigenvalue weighted by Gasteiger charge is 2.54. The van der Waals surface area contributed by atoms with Crippen molar-refractivity contribution >= 4 is 0 Å². The van der Waals surface area contributed by atoms with E-state index in [-0.39, 0.29) is 5.92 Å². The number of hydrogen-bond acceptors (Lipinski definition) is 1. The Morgan fingerprint density at radius 1 is 0.880 bits per heavy atom. The Morgan fingerprint density at radius 3 is 1.80 bits per heavy atom. The zero-order valence-electron chi connectivity index (χ0n) is 15.7. The van der Waals surface area contributed by atoms with Crippen molar-refractivity contribution in [3.8, 4) is 0 Å². The molecule has 1 atom stereocenters. The maximum atomic E-state index is 12.4. The average Bonchev–Trinajstić information content (AvgIpc) is 2.62. The molecule has 3 heterocycles. The number of rotatable bonds is 3. The van der Waals surface area contributed by atoms with E-state index in [9.17, 15) is 5.11 Å². The van der Waals surface area contributed by atoms with E-state index in [0.29, 0.717) is 5.92 Å². The summed E-state index contributed by atoms with van der Waals surface area (Å²) in [5.41, 5.74) is 3.66. The lowest BCUT2D eigenvalue weighted by molar-refractivity contribution is -0.930. The first-order chi connectivity index (χ1) is 11.9. The number of benzene rings is 2. The van der Waals surface area contributed by atoms with Crippen LogP contribution in [0.5, 0.6) is 0 Å². The van der Waals surface area contributed by atoms with Crippen LogP contribution in [0.2, 0.25) is 0 Å². The highest BCUT2D eigenvalue weighted by atomic mass is 16.3. The van der Waals surface area contributed by atoms with E-state index < -0.39 is 5.60 Å². The third kappa shape index (κ3) is 2.63. The zero-order chi connectivity index (χ0) is 17.7. The zero-order valence-corrected chi connectivity index (χ0v) is 15.7. The Hall–Kier alpha value is -1.64. The lowest BCUT2D eigenvalue weighted by Crippen LogP contribution is -2.63. The number of quaternary nitrogens is 1. The lowest BCUT2D eigenvalue weighted by atomic mass is 9.63. The molecular weight excluding hydrogens is 306 g/mol. The third-order valence-corrected chi connectivity index (χ3v) is 6.93. The molecular formula is C23H30NO+. The van der Waals surface area contributed by atoms with Crippen LogP contribution in [0.4, 0.5) is 0 Å². The number of nitrogens with zero attached hydrogens (tertiary/aromatic N) is 1. The molecule has 132 valence electrons. The van der Waals surface area contributed by atoms with E-state index in [1.165, 1.54) is 37.1 Å². The molecule has 0 aliphatic carbocycles. The van der Waals surface area contributed by atoms with Gasteiger partial charge in [-0.3, -0.25) is 0 Å². The summed E-state index contributed by atoms with van der Waals surface area (Å²) in [7, 11) is 2.37. The molecule has 2 aromatic rings. The first-order valence-corrected chi connectivity index (χ1v) is 9.62. The Kier molecular flexibility index (Phi) is 4.01. The molecule has 0 radical (unpaired) electrons. The highest BCUT2D eigenvalue weighted by Crippen LogP contribution is 2.50. The second kappa shape index (κ2) is 5.96. The van der Waals surface area contributed by atoms with Gasteiger partial charge in [-0.1, -0.05) is 48.5 Å². The molecule has 0 spiro atoms. The fourth-order valence-electron chi connectivity index (χ4n) is 5.44. The molecule has 3 saturated heterocycles. The molecule has 5 rings (SSSR count).